The van der Waals surface area contributed by atoms with E-state index < -0.39 is 10.0 Å². The lowest BCUT2D eigenvalue weighted by Crippen LogP contribution is -2.26. The van der Waals surface area contributed by atoms with Gasteiger partial charge < -0.3 is 5.32 Å². The van der Waals surface area contributed by atoms with E-state index in [4.69, 9.17) is 0 Å². The molecule has 0 bridgehead atoms. The highest BCUT2D eigenvalue weighted by Gasteiger charge is 2.21. The summed E-state index contributed by atoms with van der Waals surface area (Å²) in [7, 11) is -1.67. The predicted molar refractivity (Wildman–Crippen MR) is 84.8 cm³/mol. The van der Waals surface area contributed by atoms with Crippen LogP contribution in [0.4, 0.5) is 0 Å². The Labute approximate surface area is 129 Å². The summed E-state index contributed by atoms with van der Waals surface area (Å²) in [5, 5.41) is 3.04. The van der Waals surface area contributed by atoms with E-state index in [1.165, 1.54) is 11.3 Å². The molecule has 1 atom stereocenters. The van der Waals surface area contributed by atoms with E-state index in [1.54, 1.807) is 24.5 Å². The molecule has 0 aliphatic carbocycles. The Morgan fingerprint density at radius 2 is 2.19 bits per heavy atom. The molecule has 5 nitrogen and oxygen atoms in total. The van der Waals surface area contributed by atoms with Crippen molar-refractivity contribution < 1.29 is 8.42 Å². The van der Waals surface area contributed by atoms with Crippen LogP contribution in [0, 0.1) is 6.92 Å². The molecule has 0 amide bonds. The van der Waals surface area contributed by atoms with Crippen LogP contribution in [0.1, 0.15) is 29.0 Å². The molecule has 0 spiro atoms. The van der Waals surface area contributed by atoms with Gasteiger partial charge >= 0.3 is 0 Å². The van der Waals surface area contributed by atoms with Gasteiger partial charge in [-0.05, 0) is 44.2 Å². The SMILES string of the molecule is CNCc1sc(S(=O)(=O)NC(C)c2cccnc2)cc1C. The van der Waals surface area contributed by atoms with Crippen molar-refractivity contribution in [3.63, 3.8) is 0 Å². The van der Waals surface area contributed by atoms with Gasteiger partial charge in [0, 0.05) is 29.9 Å². The highest BCUT2D eigenvalue weighted by atomic mass is 32.2. The second kappa shape index (κ2) is 6.65. The zero-order valence-electron chi connectivity index (χ0n) is 12.3. The predicted octanol–water partition coefficient (Wildman–Crippen LogP) is 2.21. The largest absolute Gasteiger partial charge is 0.315 e. The molecule has 0 saturated carbocycles. The molecule has 0 saturated heterocycles. The number of hydrogen-bond donors (Lipinski definition) is 2. The monoisotopic (exact) mass is 325 g/mol. The van der Waals surface area contributed by atoms with Crippen LogP contribution >= 0.6 is 11.3 Å². The van der Waals surface area contributed by atoms with E-state index in [1.807, 2.05) is 27.0 Å². The van der Waals surface area contributed by atoms with Crippen molar-refractivity contribution in [1.82, 2.24) is 15.0 Å². The summed E-state index contributed by atoms with van der Waals surface area (Å²) < 4.78 is 27.9. The lowest BCUT2D eigenvalue weighted by molar-refractivity contribution is 0.568. The molecular weight excluding hydrogens is 306 g/mol. The van der Waals surface area contributed by atoms with Crippen molar-refractivity contribution in [2.75, 3.05) is 7.05 Å². The summed E-state index contributed by atoms with van der Waals surface area (Å²) in [5.74, 6) is 0. The molecule has 2 aromatic rings. The first-order chi connectivity index (χ1) is 9.94. The van der Waals surface area contributed by atoms with E-state index in [0.717, 1.165) is 16.0 Å². The Balaban J connectivity index is 2.20. The van der Waals surface area contributed by atoms with Gasteiger partial charge in [-0.15, -0.1) is 11.3 Å². The van der Waals surface area contributed by atoms with Gasteiger partial charge in [0.1, 0.15) is 4.21 Å². The van der Waals surface area contributed by atoms with Crippen LogP contribution in [-0.2, 0) is 16.6 Å². The number of rotatable bonds is 6. The molecule has 2 heterocycles. The molecule has 0 aromatic carbocycles. The Hall–Kier alpha value is -1.28. The first kappa shape index (κ1) is 16.1. The smallest absolute Gasteiger partial charge is 0.250 e. The van der Waals surface area contributed by atoms with Crippen LogP contribution in [-0.4, -0.2) is 20.4 Å². The minimum Gasteiger partial charge on any atom is -0.315 e. The number of aryl methyl sites for hydroxylation is 1. The summed E-state index contributed by atoms with van der Waals surface area (Å²) in [6.45, 7) is 4.40. The van der Waals surface area contributed by atoms with Crippen molar-refractivity contribution >= 4 is 21.4 Å². The minimum atomic E-state index is -3.51. The molecule has 0 aliphatic rings. The van der Waals surface area contributed by atoms with Gasteiger partial charge in [-0.3, -0.25) is 4.98 Å². The van der Waals surface area contributed by atoms with Crippen LogP contribution in [0.3, 0.4) is 0 Å². The van der Waals surface area contributed by atoms with Crippen LogP contribution in [0.5, 0.6) is 0 Å². The Morgan fingerprint density at radius 3 is 2.81 bits per heavy atom. The fourth-order valence-electron chi connectivity index (χ4n) is 1.95. The Bertz CT molecular complexity index is 696. The number of nitrogens with zero attached hydrogens (tertiary/aromatic N) is 1. The molecule has 7 heteroatoms. The van der Waals surface area contributed by atoms with Crippen LogP contribution in [0.15, 0.2) is 34.8 Å². The maximum Gasteiger partial charge on any atom is 0.250 e. The maximum atomic E-state index is 12.4. The van der Waals surface area contributed by atoms with Gasteiger partial charge in [0.05, 0.1) is 0 Å². The quantitative estimate of drug-likeness (QED) is 0.854. The lowest BCUT2D eigenvalue weighted by atomic mass is 10.2. The molecule has 0 radical (unpaired) electrons. The fraction of sp³-hybridized carbons (Fsp3) is 0.357. The minimum absolute atomic E-state index is 0.321. The van der Waals surface area contributed by atoms with E-state index in [9.17, 15) is 8.42 Å². The number of hydrogen-bond acceptors (Lipinski definition) is 5. The number of nitrogens with one attached hydrogen (secondary N) is 2. The van der Waals surface area contributed by atoms with E-state index in [0.29, 0.717) is 10.8 Å². The number of sulfonamides is 1. The first-order valence-corrected chi connectivity index (χ1v) is 8.90. The summed E-state index contributed by atoms with van der Waals surface area (Å²) in [6, 6.07) is 5.04. The average molecular weight is 325 g/mol. The molecule has 21 heavy (non-hydrogen) atoms. The maximum absolute atomic E-state index is 12.4. The average Bonchev–Trinajstić information content (AvgIpc) is 2.82. The topological polar surface area (TPSA) is 71.1 Å². The summed E-state index contributed by atoms with van der Waals surface area (Å²) >= 11 is 1.30. The standard InChI is InChI=1S/C14H19N3O2S2/c1-10-7-14(20-13(10)9-15-3)21(18,19)17-11(2)12-5-4-6-16-8-12/h4-8,11,15,17H,9H2,1-3H3. The highest BCUT2D eigenvalue weighted by molar-refractivity contribution is 7.91. The summed E-state index contributed by atoms with van der Waals surface area (Å²) in [6.07, 6.45) is 3.33. The van der Waals surface area contributed by atoms with Crippen LogP contribution < -0.4 is 10.0 Å². The molecule has 0 aliphatic heterocycles. The van der Waals surface area contributed by atoms with Crippen molar-refractivity contribution in [2.45, 2.75) is 30.6 Å². The molecule has 2 aromatic heterocycles. The van der Waals surface area contributed by atoms with Crippen molar-refractivity contribution in [2.24, 2.45) is 0 Å². The van der Waals surface area contributed by atoms with Gasteiger partial charge in [-0.25, -0.2) is 13.1 Å². The Morgan fingerprint density at radius 1 is 1.43 bits per heavy atom. The van der Waals surface area contributed by atoms with Gasteiger partial charge in [0.2, 0.25) is 0 Å². The third-order valence-electron chi connectivity index (χ3n) is 3.12. The van der Waals surface area contributed by atoms with Gasteiger partial charge in [-0.1, -0.05) is 6.07 Å². The molecule has 2 N–H and O–H groups in total. The molecule has 0 fully saturated rings. The fourth-order valence-corrected chi connectivity index (χ4v) is 4.80. The van der Waals surface area contributed by atoms with Gasteiger partial charge in [-0.2, -0.15) is 0 Å². The highest BCUT2D eigenvalue weighted by Crippen LogP contribution is 2.27. The van der Waals surface area contributed by atoms with E-state index >= 15 is 0 Å². The van der Waals surface area contributed by atoms with Crippen molar-refractivity contribution in [3.05, 3.63) is 46.6 Å². The van der Waals surface area contributed by atoms with Crippen molar-refractivity contribution in [3.8, 4) is 0 Å². The van der Waals surface area contributed by atoms with E-state index in [-0.39, 0.29) is 6.04 Å². The van der Waals surface area contributed by atoms with Gasteiger partial charge in [0.15, 0.2) is 0 Å². The molecular formula is C14H19N3O2S2. The third-order valence-corrected chi connectivity index (χ3v) is 6.37. The number of pyridine rings is 1. The van der Waals surface area contributed by atoms with Crippen molar-refractivity contribution in [1.29, 1.82) is 0 Å². The second-order valence-corrected chi connectivity index (χ2v) is 7.91. The molecule has 114 valence electrons. The molecule has 2 rings (SSSR count). The molecule has 1 unspecified atom stereocenters. The van der Waals surface area contributed by atoms with Gasteiger partial charge in [0.25, 0.3) is 10.0 Å². The summed E-state index contributed by atoms with van der Waals surface area (Å²) in [4.78, 5) is 5.04. The lowest BCUT2D eigenvalue weighted by Gasteiger charge is -2.13. The third kappa shape index (κ3) is 3.88. The summed E-state index contributed by atoms with van der Waals surface area (Å²) in [5.41, 5.74) is 1.83. The van der Waals surface area contributed by atoms with Crippen LogP contribution in [0.2, 0.25) is 0 Å². The number of thiophene rings is 1. The normalized spacial score (nSPS) is 13.3. The second-order valence-electron chi connectivity index (χ2n) is 4.83. The van der Waals surface area contributed by atoms with Crippen LogP contribution in [0.25, 0.3) is 0 Å². The number of aromatic nitrogens is 1. The zero-order chi connectivity index (χ0) is 15.5. The van der Waals surface area contributed by atoms with E-state index in [2.05, 4.69) is 15.0 Å². The first-order valence-electron chi connectivity index (χ1n) is 6.60. The Kier molecular flexibility index (Phi) is 5.10. The zero-order valence-corrected chi connectivity index (χ0v) is 13.9.